The van der Waals surface area contributed by atoms with Crippen LogP contribution >= 0.6 is 0 Å². The van der Waals surface area contributed by atoms with Crippen LogP contribution in [0.25, 0.3) is 5.69 Å². The van der Waals surface area contributed by atoms with Crippen LogP contribution in [0.15, 0.2) is 36.7 Å². The minimum Gasteiger partial charge on any atom is -0.508 e. The first-order chi connectivity index (χ1) is 9.31. The Labute approximate surface area is 111 Å². The molecular weight excluding hydrogens is 242 g/mol. The summed E-state index contributed by atoms with van der Waals surface area (Å²) in [6, 6.07) is 6.99. The van der Waals surface area contributed by atoms with Crippen LogP contribution in [0.1, 0.15) is 12.8 Å². The van der Waals surface area contributed by atoms with Gasteiger partial charge in [-0.3, -0.25) is 0 Å². The van der Waals surface area contributed by atoms with Gasteiger partial charge in [0.1, 0.15) is 11.9 Å². The van der Waals surface area contributed by atoms with E-state index in [0.29, 0.717) is 0 Å². The van der Waals surface area contributed by atoms with Gasteiger partial charge in [-0.15, -0.1) is 0 Å². The molecule has 5 nitrogen and oxygen atoms in total. The monoisotopic (exact) mass is 259 g/mol. The van der Waals surface area contributed by atoms with E-state index in [0.717, 1.165) is 37.4 Å². The number of ether oxygens (including phenoxy) is 1. The Hall–Kier alpha value is -2.01. The molecule has 19 heavy (non-hydrogen) atoms. The molecule has 1 fully saturated rings. The van der Waals surface area contributed by atoms with E-state index in [1.165, 1.54) is 0 Å². The molecule has 2 heterocycles. The van der Waals surface area contributed by atoms with Gasteiger partial charge in [0.05, 0.1) is 18.1 Å². The Morgan fingerprint density at radius 2 is 2.16 bits per heavy atom. The highest BCUT2D eigenvalue weighted by atomic mass is 16.5. The zero-order valence-electron chi connectivity index (χ0n) is 10.6. The zero-order valence-corrected chi connectivity index (χ0v) is 10.6. The van der Waals surface area contributed by atoms with Crippen molar-refractivity contribution in [2.75, 3.05) is 13.1 Å². The number of rotatable bonds is 3. The smallest absolute Gasteiger partial charge is 0.158 e. The summed E-state index contributed by atoms with van der Waals surface area (Å²) in [5.74, 6) is 1.00. The normalized spacial score (nSPS) is 16.4. The number of hydrogen-bond acceptors (Lipinski definition) is 4. The molecule has 3 rings (SSSR count). The first-order valence-corrected chi connectivity index (χ1v) is 6.53. The molecule has 1 aliphatic rings. The second-order valence-corrected chi connectivity index (χ2v) is 4.71. The molecule has 100 valence electrons. The van der Waals surface area contributed by atoms with Crippen LogP contribution in [0.5, 0.6) is 11.5 Å². The Morgan fingerprint density at radius 3 is 2.95 bits per heavy atom. The number of nitrogens with one attached hydrogen (secondary N) is 1. The van der Waals surface area contributed by atoms with E-state index >= 15 is 0 Å². The van der Waals surface area contributed by atoms with E-state index in [1.807, 2.05) is 12.3 Å². The van der Waals surface area contributed by atoms with Crippen LogP contribution in [0, 0.1) is 0 Å². The summed E-state index contributed by atoms with van der Waals surface area (Å²) in [7, 11) is 0. The fourth-order valence-electron chi connectivity index (χ4n) is 2.25. The molecule has 2 aromatic rings. The van der Waals surface area contributed by atoms with Crippen molar-refractivity contribution in [3.05, 3.63) is 36.7 Å². The van der Waals surface area contributed by atoms with Crippen molar-refractivity contribution >= 4 is 0 Å². The number of nitrogens with zero attached hydrogens (tertiary/aromatic N) is 2. The van der Waals surface area contributed by atoms with Gasteiger partial charge in [-0.2, -0.15) is 5.10 Å². The molecule has 1 aromatic heterocycles. The third-order valence-corrected chi connectivity index (χ3v) is 3.24. The summed E-state index contributed by atoms with van der Waals surface area (Å²) >= 11 is 0. The lowest BCUT2D eigenvalue weighted by molar-refractivity contribution is 0.162. The lowest BCUT2D eigenvalue weighted by Crippen LogP contribution is -2.34. The lowest BCUT2D eigenvalue weighted by atomic mass is 10.1. The molecule has 0 amide bonds. The van der Waals surface area contributed by atoms with Gasteiger partial charge in [0.2, 0.25) is 0 Å². The van der Waals surface area contributed by atoms with E-state index < -0.39 is 0 Å². The maximum absolute atomic E-state index is 9.46. The summed E-state index contributed by atoms with van der Waals surface area (Å²) in [6.07, 6.45) is 5.88. The molecule has 0 aliphatic carbocycles. The van der Waals surface area contributed by atoms with E-state index in [1.54, 1.807) is 29.1 Å². The van der Waals surface area contributed by atoms with Gasteiger partial charge in [-0.05, 0) is 38.1 Å². The van der Waals surface area contributed by atoms with E-state index in [9.17, 15) is 5.11 Å². The molecule has 1 aliphatic heterocycles. The van der Waals surface area contributed by atoms with Gasteiger partial charge in [0, 0.05) is 6.07 Å². The highest BCUT2D eigenvalue weighted by molar-refractivity contribution is 5.38. The van der Waals surface area contributed by atoms with Crippen LogP contribution in [-0.4, -0.2) is 34.1 Å². The van der Waals surface area contributed by atoms with Crippen molar-refractivity contribution < 1.29 is 9.84 Å². The molecule has 0 bridgehead atoms. The van der Waals surface area contributed by atoms with Crippen molar-refractivity contribution in [1.29, 1.82) is 0 Å². The molecule has 0 spiro atoms. The standard InChI is InChI=1S/C14H17N3O2/c18-12-3-1-2-11(8-12)17-10-14(9-16-17)19-13-4-6-15-7-5-13/h1-3,8-10,13,15,18H,4-7H2. The second kappa shape index (κ2) is 5.32. The largest absolute Gasteiger partial charge is 0.508 e. The average molecular weight is 259 g/mol. The molecule has 1 aromatic carbocycles. The second-order valence-electron chi connectivity index (χ2n) is 4.71. The molecule has 2 N–H and O–H groups in total. The summed E-state index contributed by atoms with van der Waals surface area (Å²) in [5, 5.41) is 17.0. The van der Waals surface area contributed by atoms with Crippen molar-refractivity contribution in [3.8, 4) is 17.2 Å². The topological polar surface area (TPSA) is 59.3 Å². The Kier molecular flexibility index (Phi) is 3.37. The van der Waals surface area contributed by atoms with Crippen molar-refractivity contribution in [2.24, 2.45) is 0 Å². The summed E-state index contributed by atoms with van der Waals surface area (Å²) in [6.45, 7) is 2.01. The summed E-state index contributed by atoms with van der Waals surface area (Å²) in [5.41, 5.74) is 0.820. The summed E-state index contributed by atoms with van der Waals surface area (Å²) in [4.78, 5) is 0. The van der Waals surface area contributed by atoms with Crippen LogP contribution < -0.4 is 10.1 Å². The highest BCUT2D eigenvalue weighted by Crippen LogP contribution is 2.19. The zero-order chi connectivity index (χ0) is 13.1. The SMILES string of the molecule is Oc1cccc(-n2cc(OC3CCNCC3)cn2)c1. The van der Waals surface area contributed by atoms with Crippen molar-refractivity contribution in [1.82, 2.24) is 15.1 Å². The molecule has 0 unspecified atom stereocenters. The lowest BCUT2D eigenvalue weighted by Gasteiger charge is -2.22. The summed E-state index contributed by atoms with van der Waals surface area (Å²) < 4.78 is 7.61. The van der Waals surface area contributed by atoms with Gasteiger partial charge < -0.3 is 15.2 Å². The Morgan fingerprint density at radius 1 is 1.32 bits per heavy atom. The number of phenolic OH excluding ortho intramolecular Hbond substituents is 1. The van der Waals surface area contributed by atoms with Gasteiger partial charge in [0.25, 0.3) is 0 Å². The Bertz CT molecular complexity index is 547. The molecule has 0 atom stereocenters. The number of aromatic nitrogens is 2. The predicted molar refractivity (Wildman–Crippen MR) is 71.7 cm³/mol. The van der Waals surface area contributed by atoms with Crippen molar-refractivity contribution in [2.45, 2.75) is 18.9 Å². The van der Waals surface area contributed by atoms with Crippen LogP contribution in [0.2, 0.25) is 0 Å². The fraction of sp³-hybridized carbons (Fsp3) is 0.357. The van der Waals surface area contributed by atoms with E-state index in [-0.39, 0.29) is 11.9 Å². The first-order valence-electron chi connectivity index (χ1n) is 6.53. The number of piperidine rings is 1. The third-order valence-electron chi connectivity index (χ3n) is 3.24. The van der Waals surface area contributed by atoms with Gasteiger partial charge >= 0.3 is 0 Å². The predicted octanol–water partition coefficient (Wildman–Crippen LogP) is 1.71. The molecule has 0 saturated carbocycles. The maximum Gasteiger partial charge on any atom is 0.158 e. The molecule has 0 radical (unpaired) electrons. The van der Waals surface area contributed by atoms with Crippen LogP contribution in [-0.2, 0) is 0 Å². The molecule has 5 heteroatoms. The first kappa shape index (κ1) is 12.0. The maximum atomic E-state index is 9.46. The Balaban J connectivity index is 1.72. The molecular formula is C14H17N3O2. The number of aromatic hydroxyl groups is 1. The van der Waals surface area contributed by atoms with Gasteiger partial charge in [-0.25, -0.2) is 4.68 Å². The fourth-order valence-corrected chi connectivity index (χ4v) is 2.25. The third kappa shape index (κ3) is 2.88. The minimum absolute atomic E-state index is 0.230. The van der Waals surface area contributed by atoms with E-state index in [4.69, 9.17) is 4.74 Å². The average Bonchev–Trinajstić information content (AvgIpc) is 2.88. The number of phenols is 1. The van der Waals surface area contributed by atoms with Gasteiger partial charge in [-0.1, -0.05) is 6.07 Å². The molecule has 1 saturated heterocycles. The minimum atomic E-state index is 0.230. The quantitative estimate of drug-likeness (QED) is 0.881. The number of benzene rings is 1. The van der Waals surface area contributed by atoms with Crippen LogP contribution in [0.4, 0.5) is 0 Å². The highest BCUT2D eigenvalue weighted by Gasteiger charge is 2.15. The van der Waals surface area contributed by atoms with E-state index in [2.05, 4.69) is 10.4 Å². The number of hydrogen-bond donors (Lipinski definition) is 2. The van der Waals surface area contributed by atoms with Gasteiger partial charge in [0.15, 0.2) is 5.75 Å². The van der Waals surface area contributed by atoms with Crippen LogP contribution in [0.3, 0.4) is 0 Å². The van der Waals surface area contributed by atoms with Crippen molar-refractivity contribution in [3.63, 3.8) is 0 Å².